The first kappa shape index (κ1) is 18.2. The van der Waals surface area contributed by atoms with Gasteiger partial charge in [-0.05, 0) is 51.2 Å². The summed E-state index contributed by atoms with van der Waals surface area (Å²) in [5.41, 5.74) is 4.19. The van der Waals surface area contributed by atoms with Gasteiger partial charge < -0.3 is 4.90 Å². The van der Waals surface area contributed by atoms with E-state index in [-0.39, 0.29) is 5.82 Å². The first-order valence-electron chi connectivity index (χ1n) is 7.68. The van der Waals surface area contributed by atoms with Gasteiger partial charge in [0.1, 0.15) is 11.6 Å². The van der Waals surface area contributed by atoms with E-state index in [1.807, 2.05) is 58.8 Å². The van der Waals surface area contributed by atoms with Crippen LogP contribution in [0.2, 0.25) is 0 Å². The Labute approximate surface area is 133 Å². The van der Waals surface area contributed by atoms with E-state index in [4.69, 9.17) is 0 Å². The topological polar surface area (TPSA) is 29.0 Å². The SMILES string of the molecule is CC.Cc1nc(CN(C)C)nc(C)c1Cc1ccc(F)cc1. The van der Waals surface area contributed by atoms with Gasteiger partial charge in [-0.3, -0.25) is 0 Å². The summed E-state index contributed by atoms with van der Waals surface area (Å²) in [6.45, 7) is 8.75. The molecule has 0 unspecified atom stereocenters. The number of rotatable bonds is 4. The Morgan fingerprint density at radius 3 is 1.91 bits per heavy atom. The number of benzene rings is 1. The zero-order valence-electron chi connectivity index (χ0n) is 14.4. The molecule has 0 bridgehead atoms. The molecule has 0 atom stereocenters. The minimum Gasteiger partial charge on any atom is -0.302 e. The van der Waals surface area contributed by atoms with Gasteiger partial charge in [0, 0.05) is 17.8 Å². The van der Waals surface area contributed by atoms with Crippen molar-refractivity contribution >= 4 is 0 Å². The lowest BCUT2D eigenvalue weighted by molar-refractivity contribution is 0.389. The molecule has 0 amide bonds. The third kappa shape index (κ3) is 5.19. The molecule has 0 saturated heterocycles. The molecule has 0 spiro atoms. The molecule has 22 heavy (non-hydrogen) atoms. The van der Waals surface area contributed by atoms with Crippen LogP contribution in [0.4, 0.5) is 4.39 Å². The van der Waals surface area contributed by atoms with E-state index >= 15 is 0 Å². The van der Waals surface area contributed by atoms with Crippen LogP contribution >= 0.6 is 0 Å². The third-order valence-electron chi connectivity index (χ3n) is 3.22. The van der Waals surface area contributed by atoms with E-state index in [0.717, 1.165) is 41.3 Å². The van der Waals surface area contributed by atoms with E-state index < -0.39 is 0 Å². The standard InChI is InChI=1S/C16H20FN3.C2H6/c1-11-15(9-13-5-7-14(17)8-6-13)12(2)19-16(18-11)10-20(3)4;1-2/h5-8H,9-10H2,1-4H3;1-2H3. The van der Waals surface area contributed by atoms with Crippen molar-refractivity contribution in [3.8, 4) is 0 Å². The van der Waals surface area contributed by atoms with Crippen LogP contribution in [0, 0.1) is 19.7 Å². The number of aryl methyl sites for hydroxylation is 2. The average Bonchev–Trinajstić information content (AvgIpc) is 2.46. The van der Waals surface area contributed by atoms with E-state index in [1.54, 1.807) is 0 Å². The molecular weight excluding hydrogens is 277 g/mol. The van der Waals surface area contributed by atoms with E-state index in [0.29, 0.717) is 0 Å². The molecule has 0 fully saturated rings. The number of hydrogen-bond acceptors (Lipinski definition) is 3. The second kappa shape index (κ2) is 8.59. The molecule has 0 aliphatic heterocycles. The number of aromatic nitrogens is 2. The van der Waals surface area contributed by atoms with E-state index in [9.17, 15) is 4.39 Å². The highest BCUT2D eigenvalue weighted by atomic mass is 19.1. The van der Waals surface area contributed by atoms with Crippen molar-refractivity contribution in [3.63, 3.8) is 0 Å². The Morgan fingerprint density at radius 1 is 0.955 bits per heavy atom. The van der Waals surface area contributed by atoms with E-state index in [1.165, 1.54) is 12.1 Å². The summed E-state index contributed by atoms with van der Waals surface area (Å²) in [6, 6.07) is 6.59. The molecule has 2 aromatic rings. The van der Waals surface area contributed by atoms with E-state index in [2.05, 4.69) is 9.97 Å². The molecule has 3 nitrogen and oxygen atoms in total. The quantitative estimate of drug-likeness (QED) is 0.857. The number of nitrogens with zero attached hydrogens (tertiary/aromatic N) is 3. The summed E-state index contributed by atoms with van der Waals surface area (Å²) < 4.78 is 12.9. The van der Waals surface area contributed by atoms with Gasteiger partial charge in [-0.2, -0.15) is 0 Å². The highest BCUT2D eigenvalue weighted by Gasteiger charge is 2.10. The first-order valence-corrected chi connectivity index (χ1v) is 7.68. The lowest BCUT2D eigenvalue weighted by Crippen LogP contribution is -2.15. The molecule has 0 N–H and O–H groups in total. The fraction of sp³-hybridized carbons (Fsp3) is 0.444. The van der Waals surface area contributed by atoms with Gasteiger partial charge in [0.2, 0.25) is 0 Å². The second-order valence-corrected chi connectivity index (χ2v) is 5.33. The molecule has 1 heterocycles. The maximum Gasteiger partial charge on any atom is 0.142 e. The Bertz CT molecular complexity index is 569. The second-order valence-electron chi connectivity index (χ2n) is 5.33. The van der Waals surface area contributed by atoms with Crippen molar-refractivity contribution in [2.75, 3.05) is 14.1 Å². The summed E-state index contributed by atoms with van der Waals surface area (Å²) in [7, 11) is 4.00. The smallest absolute Gasteiger partial charge is 0.142 e. The summed E-state index contributed by atoms with van der Waals surface area (Å²) in [4.78, 5) is 11.2. The van der Waals surface area contributed by atoms with Crippen LogP contribution in [0.15, 0.2) is 24.3 Å². The van der Waals surface area contributed by atoms with Gasteiger partial charge in [-0.15, -0.1) is 0 Å². The molecule has 120 valence electrons. The van der Waals surface area contributed by atoms with Crippen LogP contribution in [-0.4, -0.2) is 29.0 Å². The summed E-state index contributed by atoms with van der Waals surface area (Å²) >= 11 is 0. The third-order valence-corrected chi connectivity index (χ3v) is 3.22. The van der Waals surface area contributed by atoms with Crippen LogP contribution < -0.4 is 0 Å². The summed E-state index contributed by atoms with van der Waals surface area (Å²) in [5, 5.41) is 0. The van der Waals surface area contributed by atoms with Crippen molar-refractivity contribution in [2.24, 2.45) is 0 Å². The van der Waals surface area contributed by atoms with Gasteiger partial charge in [0.05, 0.1) is 6.54 Å². The van der Waals surface area contributed by atoms with Crippen molar-refractivity contribution in [1.29, 1.82) is 0 Å². The van der Waals surface area contributed by atoms with Gasteiger partial charge in [-0.25, -0.2) is 14.4 Å². The minimum atomic E-state index is -0.209. The maximum absolute atomic E-state index is 12.9. The van der Waals surface area contributed by atoms with Crippen molar-refractivity contribution in [3.05, 3.63) is 58.4 Å². The van der Waals surface area contributed by atoms with Crippen LogP contribution in [0.5, 0.6) is 0 Å². The van der Waals surface area contributed by atoms with Gasteiger partial charge in [0.15, 0.2) is 0 Å². The Kier molecular flexibility index (Phi) is 7.12. The highest BCUT2D eigenvalue weighted by Crippen LogP contribution is 2.16. The van der Waals surface area contributed by atoms with Crippen molar-refractivity contribution in [1.82, 2.24) is 14.9 Å². The largest absolute Gasteiger partial charge is 0.302 e. The summed E-state index contributed by atoms with van der Waals surface area (Å²) in [5.74, 6) is 0.632. The highest BCUT2D eigenvalue weighted by molar-refractivity contribution is 5.31. The summed E-state index contributed by atoms with van der Waals surface area (Å²) in [6.07, 6.45) is 0.736. The lowest BCUT2D eigenvalue weighted by atomic mass is 10.0. The molecule has 0 radical (unpaired) electrons. The van der Waals surface area contributed by atoms with Crippen LogP contribution in [0.3, 0.4) is 0 Å². The fourth-order valence-corrected chi connectivity index (χ4v) is 2.22. The van der Waals surface area contributed by atoms with Crippen molar-refractivity contribution < 1.29 is 4.39 Å². The molecule has 2 rings (SSSR count). The van der Waals surface area contributed by atoms with Gasteiger partial charge >= 0.3 is 0 Å². The maximum atomic E-state index is 12.9. The van der Waals surface area contributed by atoms with Crippen molar-refractivity contribution in [2.45, 2.75) is 40.7 Å². The van der Waals surface area contributed by atoms with Crippen LogP contribution in [0.25, 0.3) is 0 Å². The zero-order valence-corrected chi connectivity index (χ0v) is 14.4. The molecule has 4 heteroatoms. The van der Waals surface area contributed by atoms with Gasteiger partial charge in [0.25, 0.3) is 0 Å². The fourth-order valence-electron chi connectivity index (χ4n) is 2.22. The Balaban J connectivity index is 0.00000116. The van der Waals surface area contributed by atoms with Gasteiger partial charge in [-0.1, -0.05) is 26.0 Å². The predicted octanol–water partition coefficient (Wildman–Crippen LogP) is 3.91. The normalized spacial score (nSPS) is 10.4. The molecular formula is C18H26FN3. The molecule has 1 aromatic carbocycles. The average molecular weight is 303 g/mol. The predicted molar refractivity (Wildman–Crippen MR) is 89.5 cm³/mol. The van der Waals surface area contributed by atoms with Crippen LogP contribution in [0.1, 0.15) is 42.2 Å². The number of hydrogen-bond donors (Lipinski definition) is 0. The Morgan fingerprint density at radius 2 is 1.45 bits per heavy atom. The molecule has 0 saturated carbocycles. The zero-order chi connectivity index (χ0) is 16.7. The molecule has 1 aromatic heterocycles. The minimum absolute atomic E-state index is 0.209. The first-order chi connectivity index (χ1) is 10.5. The Hall–Kier alpha value is -1.81. The lowest BCUT2D eigenvalue weighted by Gasteiger charge is -2.13. The molecule has 0 aliphatic rings. The monoisotopic (exact) mass is 303 g/mol. The number of halogens is 1. The molecule has 0 aliphatic carbocycles. The van der Waals surface area contributed by atoms with Crippen LogP contribution in [-0.2, 0) is 13.0 Å².